The molecule has 38 heavy (non-hydrogen) atoms. The van der Waals surface area contributed by atoms with Gasteiger partial charge in [-0.15, -0.1) is 0 Å². The molecular formula is C31H41N3O4. The number of hydrogen-bond donors (Lipinski definition) is 1. The summed E-state index contributed by atoms with van der Waals surface area (Å²) in [5, 5.41) is 0. The molecule has 3 atom stereocenters. The number of nitrogens with zero attached hydrogens (tertiary/aromatic N) is 2. The fraction of sp³-hybridized carbons (Fsp3) is 0.516. The molecular weight excluding hydrogens is 478 g/mol. The molecule has 2 aliphatic heterocycles. The van der Waals surface area contributed by atoms with Crippen LogP contribution in [-0.2, 0) is 25.7 Å². The van der Waals surface area contributed by atoms with E-state index < -0.39 is 16.9 Å². The van der Waals surface area contributed by atoms with Gasteiger partial charge >= 0.3 is 0 Å². The van der Waals surface area contributed by atoms with E-state index in [2.05, 4.69) is 12.1 Å². The number of likely N-dealkylation sites (N-methyl/N-ethyl adjacent to an activating group) is 1. The minimum Gasteiger partial charge on any atom is -0.376 e. The van der Waals surface area contributed by atoms with Crippen LogP contribution < -0.4 is 5.73 Å². The van der Waals surface area contributed by atoms with E-state index >= 15 is 0 Å². The van der Waals surface area contributed by atoms with Crippen LogP contribution in [-0.4, -0.2) is 66.2 Å². The smallest absolute Gasteiger partial charge is 0.229 e. The van der Waals surface area contributed by atoms with Crippen LogP contribution in [0.2, 0.25) is 0 Å². The Labute approximate surface area is 226 Å². The number of carbonyl (C=O) groups excluding carboxylic acids is 3. The first-order valence-corrected chi connectivity index (χ1v) is 13.6. The molecule has 2 aromatic carbocycles. The van der Waals surface area contributed by atoms with Gasteiger partial charge in [-0.2, -0.15) is 0 Å². The first-order valence-electron chi connectivity index (χ1n) is 13.6. The van der Waals surface area contributed by atoms with E-state index in [1.807, 2.05) is 65.4 Å². The average molecular weight is 520 g/mol. The lowest BCUT2D eigenvalue weighted by molar-refractivity contribution is -0.142. The monoisotopic (exact) mass is 519 g/mol. The van der Waals surface area contributed by atoms with E-state index in [1.54, 1.807) is 13.8 Å². The van der Waals surface area contributed by atoms with Crippen molar-refractivity contribution in [2.75, 3.05) is 33.3 Å². The molecule has 2 saturated heterocycles. The number of ether oxygens (including phenoxy) is 1. The van der Waals surface area contributed by atoms with Crippen LogP contribution >= 0.6 is 0 Å². The molecule has 4 rings (SSSR count). The summed E-state index contributed by atoms with van der Waals surface area (Å²) < 4.78 is 5.94. The maximum Gasteiger partial charge on any atom is 0.229 e. The van der Waals surface area contributed by atoms with Crippen molar-refractivity contribution in [1.82, 2.24) is 9.80 Å². The Morgan fingerprint density at radius 2 is 1.71 bits per heavy atom. The molecule has 0 radical (unpaired) electrons. The fourth-order valence-corrected chi connectivity index (χ4v) is 5.97. The molecule has 7 heteroatoms. The Hall–Kier alpha value is -3.03. The molecule has 7 nitrogen and oxygen atoms in total. The number of hydrogen-bond acceptors (Lipinski definition) is 5. The van der Waals surface area contributed by atoms with Crippen molar-refractivity contribution in [2.45, 2.75) is 57.6 Å². The highest BCUT2D eigenvalue weighted by molar-refractivity contribution is 5.92. The first-order chi connectivity index (χ1) is 18.1. The third-order valence-corrected chi connectivity index (χ3v) is 8.22. The molecule has 2 N–H and O–H groups in total. The van der Waals surface area contributed by atoms with Crippen molar-refractivity contribution in [1.29, 1.82) is 0 Å². The maximum atomic E-state index is 13.8. The summed E-state index contributed by atoms with van der Waals surface area (Å²) in [7, 11) is 1.88. The number of benzene rings is 2. The minimum absolute atomic E-state index is 0.0348. The van der Waals surface area contributed by atoms with Crippen LogP contribution in [0.1, 0.15) is 56.6 Å². The van der Waals surface area contributed by atoms with Gasteiger partial charge in [-0.25, -0.2) is 0 Å². The van der Waals surface area contributed by atoms with E-state index in [1.165, 1.54) is 5.56 Å². The molecule has 2 unspecified atom stereocenters. The summed E-state index contributed by atoms with van der Waals surface area (Å²) in [5.74, 6) is -0.607. The van der Waals surface area contributed by atoms with E-state index in [9.17, 15) is 14.4 Å². The van der Waals surface area contributed by atoms with Gasteiger partial charge in [0, 0.05) is 39.0 Å². The van der Waals surface area contributed by atoms with Crippen LogP contribution in [0.4, 0.5) is 0 Å². The summed E-state index contributed by atoms with van der Waals surface area (Å²) in [6.45, 7) is 5.59. The predicted octanol–water partition coefficient (Wildman–Crippen LogP) is 3.77. The Kier molecular flexibility index (Phi) is 8.68. The van der Waals surface area contributed by atoms with Crippen molar-refractivity contribution < 1.29 is 19.1 Å². The van der Waals surface area contributed by atoms with Crippen LogP contribution in [0.15, 0.2) is 60.7 Å². The molecule has 0 bridgehead atoms. The summed E-state index contributed by atoms with van der Waals surface area (Å²) in [6, 6.07) is 20.0. The number of nitrogens with two attached hydrogens (primary N) is 1. The Bertz CT molecular complexity index is 1110. The van der Waals surface area contributed by atoms with Gasteiger partial charge in [0.25, 0.3) is 0 Å². The number of carbonyl (C=O) groups is 3. The number of rotatable bonds is 9. The highest BCUT2D eigenvalue weighted by atomic mass is 16.5. The maximum absolute atomic E-state index is 13.8. The summed E-state index contributed by atoms with van der Waals surface area (Å²) >= 11 is 0. The Morgan fingerprint density at radius 1 is 1.05 bits per heavy atom. The molecule has 0 aliphatic carbocycles. The van der Waals surface area contributed by atoms with Gasteiger partial charge in [-0.1, -0.05) is 60.7 Å². The zero-order valence-corrected chi connectivity index (χ0v) is 22.9. The lowest BCUT2D eigenvalue weighted by Gasteiger charge is -2.32. The van der Waals surface area contributed by atoms with Gasteiger partial charge in [0.2, 0.25) is 11.8 Å². The third kappa shape index (κ3) is 6.16. The van der Waals surface area contributed by atoms with E-state index in [0.717, 1.165) is 18.4 Å². The van der Waals surface area contributed by atoms with Crippen LogP contribution in [0.3, 0.4) is 0 Å². The highest BCUT2D eigenvalue weighted by Gasteiger charge is 2.53. The topological polar surface area (TPSA) is 92.9 Å². The molecule has 2 fully saturated rings. The second-order valence-electron chi connectivity index (χ2n) is 11.5. The van der Waals surface area contributed by atoms with E-state index in [4.69, 9.17) is 10.5 Å². The van der Waals surface area contributed by atoms with Crippen molar-refractivity contribution in [2.24, 2.45) is 17.1 Å². The standard InChI is InChI=1S/C31H41N3O4/c1-30(2,32)27(35)19-25(22-38-21-23-11-6-4-7-12-23)28(36)34-17-10-15-31(16-18-34)26(20-33(3)29(31)37)24-13-8-5-9-14-24/h4-9,11-14,25-26H,10,15-22,32H2,1-3H3/t25-,26?,31?/m1/s1. The molecule has 2 amide bonds. The van der Waals surface area contributed by atoms with Gasteiger partial charge in [0.1, 0.15) is 0 Å². The zero-order chi connectivity index (χ0) is 27.3. The second kappa shape index (κ2) is 11.8. The van der Waals surface area contributed by atoms with E-state index in [0.29, 0.717) is 32.7 Å². The average Bonchev–Trinajstić information content (AvgIpc) is 3.04. The lowest BCUT2D eigenvalue weighted by Crippen LogP contribution is -2.46. The SMILES string of the molecule is CN1CC(c2ccccc2)C2(CCCN(C(=O)[C@@H](COCc3ccccc3)CC(=O)C(C)(C)N)CC2)C1=O. The van der Waals surface area contributed by atoms with Crippen molar-refractivity contribution in [3.05, 3.63) is 71.8 Å². The largest absolute Gasteiger partial charge is 0.376 e. The van der Waals surface area contributed by atoms with Gasteiger partial charge in [0.15, 0.2) is 5.78 Å². The number of Topliss-reactive ketones (excluding diaryl/α,β-unsaturated/α-hetero) is 1. The van der Waals surface area contributed by atoms with Gasteiger partial charge in [0.05, 0.1) is 30.1 Å². The van der Waals surface area contributed by atoms with Gasteiger partial charge in [-0.3, -0.25) is 14.4 Å². The number of likely N-dealkylation sites (tertiary alicyclic amines) is 2. The van der Waals surface area contributed by atoms with Gasteiger partial charge < -0.3 is 20.3 Å². The fourth-order valence-electron chi connectivity index (χ4n) is 5.97. The highest BCUT2D eigenvalue weighted by Crippen LogP contribution is 2.50. The van der Waals surface area contributed by atoms with E-state index in [-0.39, 0.29) is 36.5 Å². The number of ketones is 1. The summed E-state index contributed by atoms with van der Waals surface area (Å²) in [6.07, 6.45) is 2.12. The van der Waals surface area contributed by atoms with Crippen molar-refractivity contribution in [3.63, 3.8) is 0 Å². The third-order valence-electron chi connectivity index (χ3n) is 8.22. The van der Waals surface area contributed by atoms with Crippen molar-refractivity contribution in [3.8, 4) is 0 Å². The first kappa shape index (κ1) is 28.0. The molecule has 2 aromatic rings. The molecule has 0 aromatic heterocycles. The van der Waals surface area contributed by atoms with Crippen LogP contribution in [0.25, 0.3) is 0 Å². The molecule has 0 saturated carbocycles. The summed E-state index contributed by atoms with van der Waals surface area (Å²) in [5.41, 5.74) is 6.72. The predicted molar refractivity (Wildman–Crippen MR) is 147 cm³/mol. The molecule has 204 valence electrons. The Balaban J connectivity index is 1.49. The summed E-state index contributed by atoms with van der Waals surface area (Å²) in [4.78, 5) is 43.9. The molecule has 2 aliphatic rings. The lowest BCUT2D eigenvalue weighted by atomic mass is 9.69. The molecule has 1 spiro atoms. The van der Waals surface area contributed by atoms with Gasteiger partial charge in [-0.05, 0) is 44.2 Å². The zero-order valence-electron chi connectivity index (χ0n) is 22.9. The van der Waals surface area contributed by atoms with Crippen molar-refractivity contribution >= 4 is 17.6 Å². The minimum atomic E-state index is -1.02. The normalized spacial score (nSPS) is 22.9. The Morgan fingerprint density at radius 3 is 2.37 bits per heavy atom. The second-order valence-corrected chi connectivity index (χ2v) is 11.5. The van der Waals surface area contributed by atoms with Crippen LogP contribution in [0.5, 0.6) is 0 Å². The number of amides is 2. The van der Waals surface area contributed by atoms with Crippen LogP contribution in [0, 0.1) is 11.3 Å². The quantitative estimate of drug-likeness (QED) is 0.544. The molecule has 2 heterocycles.